The van der Waals surface area contributed by atoms with Gasteiger partial charge in [0.05, 0.1) is 35.4 Å². The molecule has 2 aliphatic rings. The highest BCUT2D eigenvalue weighted by atomic mass is 16.7. The highest BCUT2D eigenvalue weighted by Gasteiger charge is 2.51. The molecular weight excluding hydrogens is 613 g/mol. The van der Waals surface area contributed by atoms with Crippen LogP contribution in [0.3, 0.4) is 0 Å². The lowest BCUT2D eigenvalue weighted by atomic mass is 9.82. The molecule has 0 amide bonds. The predicted molar refractivity (Wildman–Crippen MR) is 210 cm³/mol. The summed E-state index contributed by atoms with van der Waals surface area (Å²) < 4.78 is 0. The molecule has 4 heteroatoms. The minimum atomic E-state index is -0.271. The smallest absolute Gasteiger partial charge is 0.0685 e. The first-order valence-corrected chi connectivity index (χ1v) is 18.9. The molecule has 0 spiro atoms. The van der Waals surface area contributed by atoms with E-state index >= 15 is 0 Å². The molecule has 5 aromatic rings. The Morgan fingerprint density at radius 3 is 1.08 bits per heavy atom. The minimum absolute atomic E-state index is 0.231. The van der Waals surface area contributed by atoms with Gasteiger partial charge in [0.2, 0.25) is 0 Å². The zero-order valence-electron chi connectivity index (χ0n) is 32.0. The molecule has 2 aliphatic heterocycles. The average molecular weight is 669 g/mol. The molecule has 50 heavy (non-hydrogen) atoms. The van der Waals surface area contributed by atoms with Gasteiger partial charge >= 0.3 is 0 Å². The summed E-state index contributed by atoms with van der Waals surface area (Å²) in [6.07, 6.45) is 4.35. The van der Waals surface area contributed by atoms with Gasteiger partial charge in [-0.25, -0.2) is 0 Å². The summed E-state index contributed by atoms with van der Waals surface area (Å²) in [6.45, 7) is 24.3. The molecule has 0 unspecified atom stereocenters. The zero-order chi connectivity index (χ0) is 35.6. The molecule has 0 saturated heterocycles. The SMILES string of the molecule is CCCCON1C(C)(C)c2ccc(-c3c4ccccc4c(-c4ccc5c(c4)C(C)(C)N(OCCCC)C5(C)C)c4ccccc34)cc2C1(C)C. The van der Waals surface area contributed by atoms with Crippen molar-refractivity contribution >= 4 is 21.5 Å². The standard InChI is InChI=1S/C46H56N2O2/c1-11-13-27-49-47-43(3,4)37-25-23-31(29-39(37)45(47,7)8)41-33-19-15-17-21-35(33)42(36-22-18-16-20-34(36)41)32-24-26-38-40(30-32)46(9,10)48(44(38,5)6)50-28-14-12-2/h15-26,29-30H,11-14,27-28H2,1-10H3. The lowest BCUT2D eigenvalue weighted by Crippen LogP contribution is -2.45. The molecule has 0 aliphatic carbocycles. The molecular formula is C46H56N2O2. The molecule has 0 fully saturated rings. The van der Waals surface area contributed by atoms with Gasteiger partial charge in [-0.05, 0) is 146 Å². The van der Waals surface area contributed by atoms with Crippen molar-refractivity contribution in [2.24, 2.45) is 0 Å². The van der Waals surface area contributed by atoms with E-state index in [0.717, 1.165) is 38.9 Å². The second-order valence-electron chi connectivity index (χ2n) is 16.6. The maximum Gasteiger partial charge on any atom is 0.0685 e. The van der Waals surface area contributed by atoms with Gasteiger partial charge in [0.1, 0.15) is 0 Å². The number of nitrogens with zero attached hydrogens (tertiary/aromatic N) is 2. The van der Waals surface area contributed by atoms with E-state index in [4.69, 9.17) is 9.68 Å². The molecule has 2 heterocycles. The number of hydrogen-bond donors (Lipinski definition) is 0. The third-order valence-corrected chi connectivity index (χ3v) is 11.7. The van der Waals surface area contributed by atoms with Crippen molar-refractivity contribution in [1.29, 1.82) is 0 Å². The number of unbranched alkanes of at least 4 members (excludes halogenated alkanes) is 2. The fraction of sp³-hybridized carbons (Fsp3) is 0.435. The fourth-order valence-corrected chi connectivity index (χ4v) is 9.31. The van der Waals surface area contributed by atoms with Gasteiger partial charge in [-0.1, -0.05) is 99.5 Å². The number of benzene rings is 5. The van der Waals surface area contributed by atoms with E-state index < -0.39 is 0 Å². The molecule has 7 rings (SSSR count). The van der Waals surface area contributed by atoms with Crippen LogP contribution in [0, 0.1) is 0 Å². The summed E-state index contributed by atoms with van der Waals surface area (Å²) >= 11 is 0. The van der Waals surface area contributed by atoms with Crippen LogP contribution in [0.5, 0.6) is 0 Å². The maximum absolute atomic E-state index is 6.52. The van der Waals surface area contributed by atoms with Gasteiger partial charge < -0.3 is 0 Å². The Bertz CT molecular complexity index is 1870. The molecule has 262 valence electrons. The Balaban J connectivity index is 1.40. The van der Waals surface area contributed by atoms with E-state index in [1.54, 1.807) is 0 Å². The number of hydroxylamine groups is 4. The lowest BCUT2D eigenvalue weighted by Gasteiger charge is -2.39. The largest absolute Gasteiger partial charge is 0.297 e. The summed E-state index contributed by atoms with van der Waals surface area (Å²) in [7, 11) is 0. The minimum Gasteiger partial charge on any atom is -0.297 e. The van der Waals surface area contributed by atoms with Crippen LogP contribution in [-0.4, -0.2) is 23.3 Å². The van der Waals surface area contributed by atoms with Crippen molar-refractivity contribution in [2.75, 3.05) is 13.2 Å². The summed E-state index contributed by atoms with van der Waals surface area (Å²) in [5.41, 5.74) is 9.43. The highest BCUT2D eigenvalue weighted by molar-refractivity contribution is 6.21. The van der Waals surface area contributed by atoms with E-state index in [-0.39, 0.29) is 22.2 Å². The third-order valence-electron chi connectivity index (χ3n) is 11.7. The van der Waals surface area contributed by atoms with Crippen molar-refractivity contribution < 1.29 is 9.68 Å². The molecule has 4 nitrogen and oxygen atoms in total. The Morgan fingerprint density at radius 2 is 0.760 bits per heavy atom. The molecule has 0 bridgehead atoms. The number of fused-ring (bicyclic) bond motifs is 4. The van der Waals surface area contributed by atoms with Gasteiger partial charge in [-0.3, -0.25) is 9.68 Å². The van der Waals surface area contributed by atoms with E-state index in [2.05, 4.69) is 164 Å². The molecule has 0 atom stereocenters. The quantitative estimate of drug-likeness (QED) is 0.109. The van der Waals surface area contributed by atoms with Gasteiger partial charge in [0, 0.05) is 0 Å². The van der Waals surface area contributed by atoms with Gasteiger partial charge in [-0.15, -0.1) is 0 Å². The number of hydrogen-bond acceptors (Lipinski definition) is 4. The van der Waals surface area contributed by atoms with Crippen LogP contribution in [-0.2, 0) is 31.8 Å². The normalized spacial score (nSPS) is 18.9. The third kappa shape index (κ3) is 5.25. The van der Waals surface area contributed by atoms with Crippen LogP contribution in [0.4, 0.5) is 0 Å². The molecule has 0 aromatic heterocycles. The second-order valence-corrected chi connectivity index (χ2v) is 16.6. The number of rotatable bonds is 10. The van der Waals surface area contributed by atoms with E-state index in [9.17, 15) is 0 Å². The summed E-state index contributed by atoms with van der Waals surface area (Å²) in [6, 6.07) is 32.3. The van der Waals surface area contributed by atoms with Crippen molar-refractivity contribution in [1.82, 2.24) is 10.1 Å². The summed E-state index contributed by atoms with van der Waals surface area (Å²) in [5.74, 6) is 0. The Labute approximate surface area is 300 Å². The van der Waals surface area contributed by atoms with Crippen molar-refractivity contribution in [3.05, 3.63) is 107 Å². The Morgan fingerprint density at radius 1 is 0.440 bits per heavy atom. The van der Waals surface area contributed by atoms with Crippen molar-refractivity contribution in [3.8, 4) is 22.3 Å². The molecule has 0 N–H and O–H groups in total. The van der Waals surface area contributed by atoms with Crippen LogP contribution in [0.1, 0.15) is 117 Å². The lowest BCUT2D eigenvalue weighted by molar-refractivity contribution is -0.261. The van der Waals surface area contributed by atoms with Crippen LogP contribution < -0.4 is 0 Å². The highest BCUT2D eigenvalue weighted by Crippen LogP contribution is 2.54. The van der Waals surface area contributed by atoms with Crippen LogP contribution >= 0.6 is 0 Å². The van der Waals surface area contributed by atoms with Crippen LogP contribution in [0.25, 0.3) is 43.8 Å². The average Bonchev–Trinajstić information content (AvgIpc) is 3.34. The van der Waals surface area contributed by atoms with Crippen molar-refractivity contribution in [3.63, 3.8) is 0 Å². The van der Waals surface area contributed by atoms with Gasteiger partial charge in [0.15, 0.2) is 0 Å². The monoisotopic (exact) mass is 668 g/mol. The Kier molecular flexibility index (Phi) is 8.79. The maximum atomic E-state index is 6.52. The summed E-state index contributed by atoms with van der Waals surface area (Å²) in [4.78, 5) is 13.0. The van der Waals surface area contributed by atoms with E-state index in [0.29, 0.717) is 0 Å². The molecule has 0 radical (unpaired) electrons. The van der Waals surface area contributed by atoms with Gasteiger partial charge in [-0.2, -0.15) is 10.1 Å². The first kappa shape index (κ1) is 34.9. The van der Waals surface area contributed by atoms with Crippen molar-refractivity contribution in [2.45, 2.75) is 117 Å². The zero-order valence-corrected chi connectivity index (χ0v) is 32.0. The summed E-state index contributed by atoms with van der Waals surface area (Å²) in [5, 5.41) is 9.59. The topological polar surface area (TPSA) is 24.9 Å². The Hall–Kier alpha value is -3.54. The van der Waals surface area contributed by atoms with Gasteiger partial charge in [0.25, 0.3) is 0 Å². The van der Waals surface area contributed by atoms with Crippen LogP contribution in [0.15, 0.2) is 84.9 Å². The molecule has 5 aromatic carbocycles. The van der Waals surface area contributed by atoms with E-state index in [1.165, 1.54) is 66.1 Å². The van der Waals surface area contributed by atoms with E-state index in [1.807, 2.05) is 0 Å². The second kappa shape index (κ2) is 12.6. The van der Waals surface area contributed by atoms with Crippen LogP contribution in [0.2, 0.25) is 0 Å². The first-order valence-electron chi connectivity index (χ1n) is 18.9. The first-order chi connectivity index (χ1) is 23.8. The fourth-order valence-electron chi connectivity index (χ4n) is 9.31. The predicted octanol–water partition coefficient (Wildman–Crippen LogP) is 12.4. The molecule has 0 saturated carbocycles.